The smallest absolute Gasteiger partial charge is 0.261 e. The largest absolute Gasteiger partial charge is 0.487 e. The van der Waals surface area contributed by atoms with Crippen molar-refractivity contribution in [2.24, 2.45) is 0 Å². The third kappa shape index (κ3) is 4.44. The van der Waals surface area contributed by atoms with E-state index in [9.17, 15) is 4.79 Å². The van der Waals surface area contributed by atoms with Crippen LogP contribution in [0.4, 0.5) is 0 Å². The van der Waals surface area contributed by atoms with Gasteiger partial charge in [-0.15, -0.1) is 0 Å². The Morgan fingerprint density at radius 1 is 1.26 bits per heavy atom. The van der Waals surface area contributed by atoms with E-state index >= 15 is 0 Å². The molecule has 1 aliphatic rings. The van der Waals surface area contributed by atoms with Crippen LogP contribution in [0.2, 0.25) is 0 Å². The van der Waals surface area contributed by atoms with Gasteiger partial charge in [0.15, 0.2) is 6.10 Å². The van der Waals surface area contributed by atoms with Gasteiger partial charge in [0, 0.05) is 12.0 Å². The summed E-state index contributed by atoms with van der Waals surface area (Å²) < 4.78 is 12.1. The summed E-state index contributed by atoms with van der Waals surface area (Å²) in [5, 5.41) is 3.19. The lowest BCUT2D eigenvalue weighted by molar-refractivity contribution is -0.129. The van der Waals surface area contributed by atoms with E-state index in [1.54, 1.807) is 0 Å². The second kappa shape index (κ2) is 7.63. The van der Waals surface area contributed by atoms with Gasteiger partial charge in [0.25, 0.3) is 5.91 Å². The number of hydrogen-bond acceptors (Lipinski definition) is 3. The first-order valence-electron chi connectivity index (χ1n) is 9.61. The molecule has 0 bridgehead atoms. The summed E-state index contributed by atoms with van der Waals surface area (Å²) in [6, 6.07) is 13.9. The van der Waals surface area contributed by atoms with E-state index in [1.165, 1.54) is 0 Å². The molecule has 1 N–H and O–H groups in total. The molecule has 2 atom stereocenters. The Balaban J connectivity index is 1.78. The average Bonchev–Trinajstić information content (AvgIpc) is 2.61. The number of amides is 1. The van der Waals surface area contributed by atoms with E-state index in [-0.39, 0.29) is 17.6 Å². The zero-order chi connectivity index (χ0) is 19.6. The van der Waals surface area contributed by atoms with Crippen molar-refractivity contribution in [2.75, 3.05) is 0 Å². The minimum Gasteiger partial charge on any atom is -0.487 e. The van der Waals surface area contributed by atoms with Gasteiger partial charge in [0.2, 0.25) is 0 Å². The number of nitrogens with one attached hydrogen (secondary N) is 1. The van der Waals surface area contributed by atoms with Crippen LogP contribution in [0.5, 0.6) is 11.5 Å². The van der Waals surface area contributed by atoms with Gasteiger partial charge in [0.1, 0.15) is 17.1 Å². The van der Waals surface area contributed by atoms with E-state index in [4.69, 9.17) is 9.47 Å². The van der Waals surface area contributed by atoms with Crippen LogP contribution < -0.4 is 14.8 Å². The number of benzene rings is 2. The first kappa shape index (κ1) is 19.3. The van der Waals surface area contributed by atoms with Crippen LogP contribution >= 0.6 is 0 Å². The fraction of sp³-hybridized carbons (Fsp3) is 0.435. The number of fused-ring (bicyclic) bond motifs is 1. The molecule has 2 aromatic rings. The first-order valence-corrected chi connectivity index (χ1v) is 9.61. The number of ether oxygens (including phenoxy) is 2. The van der Waals surface area contributed by atoms with E-state index in [0.717, 1.165) is 34.6 Å². The second-order valence-electron chi connectivity index (χ2n) is 7.95. The van der Waals surface area contributed by atoms with Crippen molar-refractivity contribution in [3.8, 4) is 11.5 Å². The van der Waals surface area contributed by atoms with Crippen molar-refractivity contribution in [3.63, 3.8) is 0 Å². The quantitative estimate of drug-likeness (QED) is 0.819. The van der Waals surface area contributed by atoms with Crippen molar-refractivity contribution in [2.45, 2.75) is 65.2 Å². The lowest BCUT2D eigenvalue weighted by atomic mass is 9.89. The zero-order valence-corrected chi connectivity index (χ0v) is 16.8. The molecule has 0 unspecified atom stereocenters. The van der Waals surface area contributed by atoms with Crippen molar-refractivity contribution < 1.29 is 14.3 Å². The number of carbonyl (C=O) groups excluding carboxylic acids is 1. The molecule has 0 saturated carbocycles. The normalized spacial score (nSPS) is 18.8. The third-order valence-electron chi connectivity index (χ3n) is 4.97. The maximum absolute atomic E-state index is 13.0. The van der Waals surface area contributed by atoms with Gasteiger partial charge < -0.3 is 14.8 Å². The summed E-state index contributed by atoms with van der Waals surface area (Å²) in [5.41, 5.74) is 2.84. The highest BCUT2D eigenvalue weighted by atomic mass is 16.5. The van der Waals surface area contributed by atoms with E-state index in [0.29, 0.717) is 6.42 Å². The maximum atomic E-state index is 13.0. The summed E-state index contributed by atoms with van der Waals surface area (Å²) >= 11 is 0. The molecular formula is C23H29NO3. The van der Waals surface area contributed by atoms with Gasteiger partial charge in [0.05, 0.1) is 6.04 Å². The highest BCUT2D eigenvalue weighted by Crippen LogP contribution is 2.39. The lowest BCUT2D eigenvalue weighted by Crippen LogP contribution is -2.45. The van der Waals surface area contributed by atoms with Crippen LogP contribution in [0, 0.1) is 13.8 Å². The fourth-order valence-electron chi connectivity index (χ4n) is 3.51. The summed E-state index contributed by atoms with van der Waals surface area (Å²) in [6.07, 6.45) is 0.798. The topological polar surface area (TPSA) is 47.6 Å². The Labute approximate surface area is 161 Å². The number of hydrogen-bond donors (Lipinski definition) is 1. The van der Waals surface area contributed by atoms with Gasteiger partial charge in [-0.1, -0.05) is 37.3 Å². The van der Waals surface area contributed by atoms with E-state index < -0.39 is 6.10 Å². The molecule has 0 radical (unpaired) electrons. The standard InChI is InChI=1S/C23H29NO3/c1-6-19(26-21-13-15(2)11-12-16(21)3)22(25)24-18-14-23(4,5)27-20-10-8-7-9-17(18)20/h7-13,18-19H,6,14H2,1-5H3,(H,24,25)/t18-,19+/m0/s1. The Kier molecular flexibility index (Phi) is 5.45. The highest BCUT2D eigenvalue weighted by Gasteiger charge is 2.35. The molecule has 4 heteroatoms. The summed E-state index contributed by atoms with van der Waals surface area (Å²) in [6.45, 7) is 10.1. The third-order valence-corrected chi connectivity index (χ3v) is 4.97. The predicted octanol–water partition coefficient (Wildman–Crippen LogP) is 4.88. The first-order chi connectivity index (χ1) is 12.8. The number of para-hydroxylation sites is 1. The van der Waals surface area contributed by atoms with Gasteiger partial charge in [-0.2, -0.15) is 0 Å². The Morgan fingerprint density at radius 2 is 2.00 bits per heavy atom. The van der Waals surface area contributed by atoms with Crippen LogP contribution in [0.1, 0.15) is 56.3 Å². The highest BCUT2D eigenvalue weighted by molar-refractivity contribution is 5.81. The fourth-order valence-corrected chi connectivity index (χ4v) is 3.51. The molecule has 0 saturated heterocycles. The monoisotopic (exact) mass is 367 g/mol. The predicted molar refractivity (Wildman–Crippen MR) is 107 cm³/mol. The summed E-state index contributed by atoms with van der Waals surface area (Å²) in [4.78, 5) is 13.0. The maximum Gasteiger partial charge on any atom is 0.261 e. The molecule has 0 fully saturated rings. The molecule has 1 heterocycles. The molecule has 1 aliphatic heterocycles. The van der Waals surface area contributed by atoms with Gasteiger partial charge in [-0.05, 0) is 57.4 Å². The van der Waals surface area contributed by atoms with Gasteiger partial charge in [-0.25, -0.2) is 0 Å². The van der Waals surface area contributed by atoms with Crippen LogP contribution in [-0.2, 0) is 4.79 Å². The Morgan fingerprint density at radius 3 is 2.74 bits per heavy atom. The second-order valence-corrected chi connectivity index (χ2v) is 7.95. The van der Waals surface area contributed by atoms with Crippen LogP contribution in [0.3, 0.4) is 0 Å². The average molecular weight is 367 g/mol. The molecule has 0 aliphatic carbocycles. The van der Waals surface area contributed by atoms with E-state index in [1.807, 2.05) is 77.1 Å². The Hall–Kier alpha value is -2.49. The molecule has 27 heavy (non-hydrogen) atoms. The van der Waals surface area contributed by atoms with Crippen molar-refractivity contribution in [3.05, 3.63) is 59.2 Å². The zero-order valence-electron chi connectivity index (χ0n) is 16.8. The van der Waals surface area contributed by atoms with E-state index in [2.05, 4.69) is 5.32 Å². The van der Waals surface area contributed by atoms with Gasteiger partial charge in [-0.3, -0.25) is 4.79 Å². The van der Waals surface area contributed by atoms with Gasteiger partial charge >= 0.3 is 0 Å². The van der Waals surface area contributed by atoms with Crippen LogP contribution in [0.25, 0.3) is 0 Å². The minimum atomic E-state index is -0.524. The van der Waals surface area contributed by atoms with Crippen molar-refractivity contribution >= 4 is 5.91 Å². The molecule has 4 nitrogen and oxygen atoms in total. The number of rotatable bonds is 5. The molecule has 144 valence electrons. The summed E-state index contributed by atoms with van der Waals surface area (Å²) in [7, 11) is 0. The number of aryl methyl sites for hydroxylation is 2. The van der Waals surface area contributed by atoms with Crippen molar-refractivity contribution in [1.82, 2.24) is 5.32 Å². The SMILES string of the molecule is CC[C@@H](Oc1cc(C)ccc1C)C(=O)N[C@H]1CC(C)(C)Oc2ccccc21. The Bertz CT molecular complexity index is 828. The molecule has 2 aromatic carbocycles. The molecule has 0 aromatic heterocycles. The van der Waals surface area contributed by atoms with Crippen LogP contribution in [-0.4, -0.2) is 17.6 Å². The molecule has 1 amide bonds. The molecule has 3 rings (SSSR count). The van der Waals surface area contributed by atoms with Crippen molar-refractivity contribution in [1.29, 1.82) is 0 Å². The number of carbonyl (C=O) groups is 1. The van der Waals surface area contributed by atoms with Crippen LogP contribution in [0.15, 0.2) is 42.5 Å². The summed E-state index contributed by atoms with van der Waals surface area (Å²) in [5.74, 6) is 1.52. The molecular weight excluding hydrogens is 338 g/mol. The molecule has 0 spiro atoms. The lowest BCUT2D eigenvalue weighted by Gasteiger charge is -2.38. The minimum absolute atomic E-state index is 0.0871.